The minimum Gasteiger partial charge on any atom is -0.507 e. The molecule has 15 nitrogen and oxygen atoms in total. The topological polar surface area (TPSA) is 223 Å². The second-order valence-electron chi connectivity index (χ2n) is 15.9. The normalized spacial score (nSPS) is 29.5. The number of Topliss-reactive ketones (excluding diaryl/α,β-unsaturated/α-hetero) is 1. The Balaban J connectivity index is 1.91. The van der Waals surface area contributed by atoms with Crippen LogP contribution in [-0.4, -0.2) is 103 Å². The number of rotatable bonds is 10. The number of benzene rings is 2. The van der Waals surface area contributed by atoms with E-state index in [0.29, 0.717) is 11.2 Å². The highest BCUT2D eigenvalue weighted by Crippen LogP contribution is 2.55. The predicted molar refractivity (Wildman–Crippen MR) is 238 cm³/mol. The number of carbonyl (C=O) groups is 3. The van der Waals surface area contributed by atoms with Crippen LogP contribution in [0.1, 0.15) is 89.2 Å². The van der Waals surface area contributed by atoms with Crippen LogP contribution < -0.4 is 10.1 Å². The van der Waals surface area contributed by atoms with Crippen molar-refractivity contribution < 1.29 is 63.7 Å². The van der Waals surface area contributed by atoms with E-state index in [1.165, 1.54) is 53.2 Å². The number of nitrogens with zero attached hydrogens (tertiary/aromatic N) is 1. The number of ether oxygens (including phenoxy) is 4. The fraction of sp³-hybridized carbons (Fsp3) is 0.545. The van der Waals surface area contributed by atoms with E-state index in [4.69, 9.17) is 23.8 Å². The predicted octanol–water partition coefficient (Wildman–Crippen LogP) is 7.43. The van der Waals surface area contributed by atoms with Crippen molar-refractivity contribution in [2.75, 3.05) is 24.4 Å². The number of aliphatic hydroxyl groups is 2. The van der Waals surface area contributed by atoms with Crippen molar-refractivity contribution in [1.29, 1.82) is 0 Å². The maximum absolute atomic E-state index is 14.4. The van der Waals surface area contributed by atoms with Crippen LogP contribution in [0.2, 0.25) is 0 Å². The number of fused-ring (bicyclic) bond motifs is 14. The van der Waals surface area contributed by atoms with E-state index in [1.807, 2.05) is 0 Å². The Labute approximate surface area is 373 Å². The Morgan fingerprint density at radius 3 is 2.33 bits per heavy atom. The first-order valence-corrected chi connectivity index (χ1v) is 22.2. The lowest BCUT2D eigenvalue weighted by molar-refractivity contribution is -0.160. The van der Waals surface area contributed by atoms with Crippen LogP contribution in [0.15, 0.2) is 41.3 Å². The molecule has 0 spiro atoms. The van der Waals surface area contributed by atoms with Crippen molar-refractivity contribution in [1.82, 2.24) is 0 Å². The van der Waals surface area contributed by atoms with Crippen molar-refractivity contribution in [2.24, 2.45) is 28.8 Å². The maximum atomic E-state index is 14.4. The molecule has 1 unspecified atom stereocenters. The highest BCUT2D eigenvalue weighted by Gasteiger charge is 2.50. The molecule has 10 atom stereocenters. The minimum absolute atomic E-state index is 0.0342. The van der Waals surface area contributed by atoms with Gasteiger partial charge in [-0.1, -0.05) is 82.9 Å². The number of esters is 1. The van der Waals surface area contributed by atoms with Gasteiger partial charge in [-0.05, 0) is 39.2 Å². The first kappa shape index (κ1) is 49.5. The zero-order chi connectivity index (χ0) is 45.5. The average Bonchev–Trinajstić information content (AvgIpc) is 3.49. The van der Waals surface area contributed by atoms with E-state index in [0.717, 1.165) is 24.4 Å². The van der Waals surface area contributed by atoms with Gasteiger partial charge in [-0.3, -0.25) is 14.4 Å². The van der Waals surface area contributed by atoms with Crippen molar-refractivity contribution in [3.05, 3.63) is 52.8 Å². The van der Waals surface area contributed by atoms with Crippen LogP contribution in [0.5, 0.6) is 23.0 Å². The molecule has 3 heterocycles. The number of phenols is 3. The summed E-state index contributed by atoms with van der Waals surface area (Å²) in [4.78, 5) is 46.2. The molecule has 0 radical (unpaired) electrons. The lowest BCUT2D eigenvalue weighted by Gasteiger charge is -2.38. The summed E-state index contributed by atoms with van der Waals surface area (Å²) in [5, 5.41) is 65.0. The number of hydrogen-bond donors (Lipinski definition) is 6. The molecule has 5 bridgehead atoms. The molecule has 6 N–H and O–H groups in total. The van der Waals surface area contributed by atoms with Gasteiger partial charge in [0, 0.05) is 71.3 Å². The number of amides is 1. The lowest BCUT2D eigenvalue weighted by atomic mass is 9.78. The van der Waals surface area contributed by atoms with Crippen LogP contribution in [0, 0.1) is 30.6 Å². The van der Waals surface area contributed by atoms with E-state index in [2.05, 4.69) is 42.3 Å². The number of hydrogen-bond acceptors (Lipinski definition) is 14. The third kappa shape index (κ3) is 10.9. The third-order valence-corrected chi connectivity index (χ3v) is 13.9. The first-order valence-electron chi connectivity index (χ1n) is 20.1. The largest absolute Gasteiger partial charge is 0.507 e. The van der Waals surface area contributed by atoms with E-state index in [-0.39, 0.29) is 51.1 Å². The molecule has 336 valence electrons. The fourth-order valence-corrected chi connectivity index (χ4v) is 8.27. The highest BCUT2D eigenvalue weighted by atomic mass is 79.9. The van der Waals surface area contributed by atoms with Gasteiger partial charge >= 0.3 is 11.8 Å². The van der Waals surface area contributed by atoms with Gasteiger partial charge in [-0.15, -0.1) is 0 Å². The van der Waals surface area contributed by atoms with Gasteiger partial charge in [-0.25, -0.2) is 0 Å². The molecular formula is C44H58Br2N2O13. The van der Waals surface area contributed by atoms with E-state index in [9.17, 15) is 39.9 Å². The summed E-state index contributed by atoms with van der Waals surface area (Å²) in [6.07, 6.45) is 6.93. The maximum Gasteiger partial charge on any atom is 0.312 e. The molecule has 3 aliphatic rings. The van der Waals surface area contributed by atoms with Gasteiger partial charge in [0.05, 0.1) is 53.0 Å². The Hall–Kier alpha value is -4.16. The van der Waals surface area contributed by atoms with Crippen molar-refractivity contribution >= 4 is 72.2 Å². The van der Waals surface area contributed by atoms with E-state index < -0.39 is 88.8 Å². The molecule has 0 saturated carbocycles. The second-order valence-corrected chi connectivity index (χ2v) is 17.9. The minimum atomic E-state index is -2.06. The summed E-state index contributed by atoms with van der Waals surface area (Å²) >= 11 is 7.00. The number of methoxy groups -OCH3 is 1. The SMILES string of the molecule is CO[C@H]1C=CO[C@@]2(C)Oc3c(C)c(O)c4c(O)c(c(/C=N/OCCCCC(Br)CBr)c(O)c4c3C2=O)NC(=O)/C(C)=C\C=C/[C@H](C)[C@H](O)[C@@H](C)[C@@H](O)[C@@H](C)[C@H](OC(C)=O)[C@@H]1C. The summed E-state index contributed by atoms with van der Waals surface area (Å²) in [5.41, 5.74) is -0.600. The number of alkyl halides is 2. The van der Waals surface area contributed by atoms with Crippen molar-refractivity contribution in [3.8, 4) is 23.0 Å². The monoisotopic (exact) mass is 980 g/mol. The molecule has 17 heteroatoms. The Morgan fingerprint density at radius 1 is 1.00 bits per heavy atom. The number of carbonyl (C=O) groups excluding carboxylic acids is 3. The van der Waals surface area contributed by atoms with Gasteiger partial charge in [0.25, 0.3) is 11.7 Å². The Morgan fingerprint density at radius 2 is 1.69 bits per heavy atom. The number of ketones is 1. The molecule has 5 rings (SSSR count). The summed E-state index contributed by atoms with van der Waals surface area (Å²) in [6, 6.07) is 0. The van der Waals surface area contributed by atoms with E-state index in [1.54, 1.807) is 39.8 Å². The summed E-state index contributed by atoms with van der Waals surface area (Å²) in [6.45, 7) is 12.7. The van der Waals surface area contributed by atoms with Gasteiger partial charge in [-0.2, -0.15) is 0 Å². The number of aromatic hydroxyl groups is 3. The average molecular weight is 983 g/mol. The van der Waals surface area contributed by atoms with Gasteiger partial charge in [0.15, 0.2) is 5.75 Å². The molecule has 0 saturated heterocycles. The van der Waals surface area contributed by atoms with Gasteiger partial charge < -0.3 is 54.6 Å². The Bertz CT molecular complexity index is 2070. The lowest BCUT2D eigenvalue weighted by Crippen LogP contribution is -2.46. The zero-order valence-corrected chi connectivity index (χ0v) is 39.1. The smallest absolute Gasteiger partial charge is 0.312 e. The first-order chi connectivity index (χ1) is 28.7. The molecular weight excluding hydrogens is 924 g/mol. The third-order valence-electron chi connectivity index (χ3n) is 11.5. The number of allylic oxidation sites excluding steroid dienone is 2. The second kappa shape index (κ2) is 21.3. The number of oxime groups is 1. The molecule has 0 aromatic heterocycles. The van der Waals surface area contributed by atoms with Crippen LogP contribution >= 0.6 is 31.9 Å². The van der Waals surface area contributed by atoms with Crippen molar-refractivity contribution in [2.45, 2.75) is 110 Å². The molecule has 2 aromatic rings. The molecule has 3 aliphatic heterocycles. The Kier molecular flexibility index (Phi) is 17.3. The number of aliphatic hydroxyl groups excluding tert-OH is 2. The summed E-state index contributed by atoms with van der Waals surface area (Å²) < 4.78 is 23.5. The fourth-order valence-electron chi connectivity index (χ4n) is 7.62. The van der Waals surface area contributed by atoms with Gasteiger partial charge in [0.1, 0.15) is 30.0 Å². The molecule has 0 aliphatic carbocycles. The van der Waals surface area contributed by atoms with E-state index >= 15 is 0 Å². The van der Waals surface area contributed by atoms with Crippen LogP contribution in [-0.2, 0) is 28.6 Å². The number of halogens is 2. The highest BCUT2D eigenvalue weighted by molar-refractivity contribution is 9.12. The molecule has 2 aromatic carbocycles. The summed E-state index contributed by atoms with van der Waals surface area (Å²) in [5.74, 6) is -8.64. The zero-order valence-electron chi connectivity index (χ0n) is 35.9. The summed E-state index contributed by atoms with van der Waals surface area (Å²) in [7, 11) is 1.43. The van der Waals surface area contributed by atoms with Crippen LogP contribution in [0.3, 0.4) is 0 Å². The quantitative estimate of drug-likeness (QED) is 0.0260. The standard InChI is InChI=1S/C44H58Br2N2O13/c1-21-13-12-14-22(2)43(56)48-34-29(20-47-59-17-11-10-15-28(46)19-45)38(53)31-32(39(34)54)37(52)26(6)41-33(31)42(55)44(8,61-41)58-18-16-30(57-9)23(3)40(60-27(7)49)25(5)36(51)24(4)35(21)50/h12-14,16,18,20-21,23-25,28,30,35-36,40,50-54H,10-11,15,17,19H2,1-9H3,(H,48,56)/b13-12-,18-16?,22-14-,47-20+/t21-,23+,24+,25+,28?,30-,35-,36+,40+,44-/m0/s1. The number of phenolic OH excluding ortho intramolecular Hbond substituents is 3. The van der Waals surface area contributed by atoms with Crippen LogP contribution in [0.25, 0.3) is 10.8 Å². The number of nitrogens with one attached hydrogen (secondary N) is 1. The van der Waals surface area contributed by atoms with Gasteiger partial charge in [0.2, 0.25) is 0 Å². The molecule has 1 amide bonds. The molecule has 61 heavy (non-hydrogen) atoms. The number of anilines is 1. The molecule has 0 fully saturated rings. The van der Waals surface area contributed by atoms with Crippen molar-refractivity contribution in [3.63, 3.8) is 0 Å². The van der Waals surface area contributed by atoms with Crippen LogP contribution in [0.4, 0.5) is 5.69 Å². The number of unbranched alkanes of at least 4 members (excludes halogenated alkanes) is 1.